The van der Waals surface area contributed by atoms with Crippen LogP contribution in [0.5, 0.6) is 0 Å². The number of benzene rings is 2. The molecule has 27 heavy (non-hydrogen) atoms. The molecule has 1 unspecified atom stereocenters. The molecule has 2 aromatic rings. The highest BCUT2D eigenvalue weighted by molar-refractivity contribution is 6.01. The van der Waals surface area contributed by atoms with E-state index in [9.17, 15) is 13.6 Å². The van der Waals surface area contributed by atoms with Gasteiger partial charge in [0.25, 0.3) is 0 Å². The van der Waals surface area contributed by atoms with E-state index in [0.29, 0.717) is 30.8 Å². The summed E-state index contributed by atoms with van der Waals surface area (Å²) in [5.74, 6) is -0.513. The van der Waals surface area contributed by atoms with Crippen LogP contribution >= 0.6 is 0 Å². The lowest BCUT2D eigenvalue weighted by Gasteiger charge is -2.25. The van der Waals surface area contributed by atoms with Crippen molar-refractivity contribution in [2.45, 2.75) is 31.9 Å². The van der Waals surface area contributed by atoms with Crippen LogP contribution in [0.4, 0.5) is 8.78 Å². The van der Waals surface area contributed by atoms with Gasteiger partial charge in [-0.05, 0) is 42.7 Å². The molecule has 1 amide bonds. The zero-order valence-corrected chi connectivity index (χ0v) is 14.8. The first kappa shape index (κ1) is 17.6. The van der Waals surface area contributed by atoms with Crippen LogP contribution in [0.2, 0.25) is 0 Å². The van der Waals surface area contributed by atoms with Crippen molar-refractivity contribution in [3.63, 3.8) is 0 Å². The van der Waals surface area contributed by atoms with Crippen LogP contribution in [0.15, 0.2) is 53.7 Å². The smallest absolute Gasteiger partial charge is 0.226 e. The fourth-order valence-electron chi connectivity index (χ4n) is 3.29. The monoisotopic (exact) mass is 370 g/mol. The second kappa shape index (κ2) is 7.47. The van der Waals surface area contributed by atoms with Gasteiger partial charge in [0, 0.05) is 24.4 Å². The molecule has 4 rings (SSSR count). The van der Waals surface area contributed by atoms with Gasteiger partial charge < -0.3 is 9.74 Å². The summed E-state index contributed by atoms with van der Waals surface area (Å²) in [6.07, 6.45) is 2.00. The van der Waals surface area contributed by atoms with Crippen LogP contribution in [0.25, 0.3) is 0 Å². The molecule has 1 fully saturated rings. The van der Waals surface area contributed by atoms with Crippen molar-refractivity contribution in [2.75, 3.05) is 6.54 Å². The number of hydrogen-bond donors (Lipinski definition) is 0. The average Bonchev–Trinajstić information content (AvgIpc) is 3.39. The fourth-order valence-corrected chi connectivity index (χ4v) is 3.29. The number of carbonyl (C=O) groups excluding carboxylic acids is 1. The van der Waals surface area contributed by atoms with E-state index in [0.717, 1.165) is 18.4 Å². The lowest BCUT2D eigenvalue weighted by Crippen LogP contribution is -2.38. The Hall–Kier alpha value is -2.76. The van der Waals surface area contributed by atoms with Crippen LogP contribution in [0, 0.1) is 17.6 Å². The van der Waals surface area contributed by atoms with E-state index in [1.807, 2.05) is 0 Å². The summed E-state index contributed by atoms with van der Waals surface area (Å²) in [4.78, 5) is 19.9. The summed E-state index contributed by atoms with van der Waals surface area (Å²) in [5.41, 5.74) is 2.10. The highest BCUT2D eigenvalue weighted by Gasteiger charge is 2.35. The number of nitrogens with zero attached hydrogens (tertiary/aromatic N) is 2. The van der Waals surface area contributed by atoms with Crippen LogP contribution in [0.3, 0.4) is 0 Å². The number of oxime groups is 1. The van der Waals surface area contributed by atoms with Gasteiger partial charge in [-0.25, -0.2) is 8.78 Å². The van der Waals surface area contributed by atoms with Crippen molar-refractivity contribution in [3.05, 3.63) is 71.3 Å². The van der Waals surface area contributed by atoms with Crippen LogP contribution < -0.4 is 0 Å². The third-order valence-corrected chi connectivity index (χ3v) is 4.82. The molecular weight excluding hydrogens is 350 g/mol. The first-order valence-corrected chi connectivity index (χ1v) is 9.10. The molecule has 1 atom stereocenters. The Balaban J connectivity index is 1.43. The molecule has 0 bridgehead atoms. The van der Waals surface area contributed by atoms with Crippen molar-refractivity contribution < 1.29 is 18.4 Å². The summed E-state index contributed by atoms with van der Waals surface area (Å²) in [6.45, 7) is 0.705. The minimum absolute atomic E-state index is 0.0589. The van der Waals surface area contributed by atoms with Crippen molar-refractivity contribution in [1.29, 1.82) is 0 Å². The second-order valence-electron chi connectivity index (χ2n) is 7.10. The topological polar surface area (TPSA) is 41.9 Å². The Morgan fingerprint density at radius 2 is 1.85 bits per heavy atom. The summed E-state index contributed by atoms with van der Waals surface area (Å²) in [5, 5.41) is 4.07. The number of amides is 1. The molecule has 1 saturated carbocycles. The van der Waals surface area contributed by atoms with E-state index in [-0.39, 0.29) is 29.6 Å². The van der Waals surface area contributed by atoms with Crippen molar-refractivity contribution in [3.8, 4) is 0 Å². The minimum atomic E-state index is -0.324. The Kier molecular flexibility index (Phi) is 4.88. The normalized spacial score (nSPS) is 18.7. The summed E-state index contributed by atoms with van der Waals surface area (Å²) >= 11 is 0. The van der Waals surface area contributed by atoms with Crippen molar-refractivity contribution >= 4 is 11.6 Å². The Bertz CT molecular complexity index is 880. The van der Waals surface area contributed by atoms with Gasteiger partial charge in [-0.15, -0.1) is 0 Å². The molecule has 0 saturated heterocycles. The first-order chi connectivity index (χ1) is 13.1. The maximum absolute atomic E-state index is 13.5. The third-order valence-electron chi connectivity index (χ3n) is 4.82. The zero-order chi connectivity index (χ0) is 18.8. The minimum Gasteiger partial charge on any atom is -0.390 e. The van der Waals surface area contributed by atoms with E-state index >= 15 is 0 Å². The molecule has 4 nitrogen and oxygen atoms in total. The van der Waals surface area contributed by atoms with E-state index in [1.165, 1.54) is 24.3 Å². The number of halogens is 2. The van der Waals surface area contributed by atoms with Gasteiger partial charge in [0.15, 0.2) is 6.10 Å². The van der Waals surface area contributed by atoms with Crippen LogP contribution in [-0.2, 0) is 16.2 Å². The lowest BCUT2D eigenvalue weighted by molar-refractivity contribution is -0.135. The summed E-state index contributed by atoms with van der Waals surface area (Å²) in [6, 6.07) is 12.5. The van der Waals surface area contributed by atoms with E-state index in [4.69, 9.17) is 4.84 Å². The van der Waals surface area contributed by atoms with Gasteiger partial charge in [0.1, 0.15) is 11.6 Å². The predicted octanol–water partition coefficient (Wildman–Crippen LogP) is 3.90. The molecule has 0 N–H and O–H groups in total. The number of hydrogen-bond acceptors (Lipinski definition) is 3. The maximum Gasteiger partial charge on any atom is 0.226 e. The van der Waals surface area contributed by atoms with Gasteiger partial charge in [0.05, 0.1) is 12.3 Å². The zero-order valence-electron chi connectivity index (χ0n) is 14.8. The molecule has 1 aliphatic carbocycles. The maximum atomic E-state index is 13.5. The summed E-state index contributed by atoms with van der Waals surface area (Å²) in [7, 11) is 0. The molecule has 2 aliphatic rings. The Labute approximate surface area is 156 Å². The molecule has 2 aromatic carbocycles. The highest BCUT2D eigenvalue weighted by Crippen LogP contribution is 2.32. The van der Waals surface area contributed by atoms with Crippen LogP contribution in [0.1, 0.15) is 30.4 Å². The van der Waals surface area contributed by atoms with E-state index in [2.05, 4.69) is 5.16 Å². The molecule has 1 heterocycles. The predicted molar refractivity (Wildman–Crippen MR) is 97.0 cm³/mol. The molecule has 140 valence electrons. The molecule has 0 spiro atoms. The number of rotatable bonds is 6. The second-order valence-corrected chi connectivity index (χ2v) is 7.10. The lowest BCUT2D eigenvalue weighted by atomic mass is 10.0. The molecule has 0 radical (unpaired) electrons. The van der Waals surface area contributed by atoms with Crippen molar-refractivity contribution in [2.24, 2.45) is 11.1 Å². The number of carbonyl (C=O) groups is 1. The standard InChI is InChI=1S/C21H20F2N2O2/c22-17-5-1-3-14(9-17)12-25(21(26)15-7-8-15)13-19-11-20(24-27-19)16-4-2-6-18(23)10-16/h1-6,9-10,15,19H,7-8,11-13H2. The van der Waals surface area contributed by atoms with Gasteiger partial charge in [0.2, 0.25) is 5.91 Å². The fraction of sp³-hybridized carbons (Fsp3) is 0.333. The molecule has 1 aliphatic heterocycles. The third kappa shape index (κ3) is 4.32. The van der Waals surface area contributed by atoms with Gasteiger partial charge in [-0.2, -0.15) is 0 Å². The highest BCUT2D eigenvalue weighted by atomic mass is 19.1. The Morgan fingerprint density at radius 3 is 2.56 bits per heavy atom. The summed E-state index contributed by atoms with van der Waals surface area (Å²) < 4.78 is 26.9. The van der Waals surface area contributed by atoms with Crippen molar-refractivity contribution in [1.82, 2.24) is 4.90 Å². The van der Waals surface area contributed by atoms with E-state index < -0.39 is 0 Å². The SMILES string of the molecule is O=C(C1CC1)N(Cc1cccc(F)c1)CC1CC(c2cccc(F)c2)=NO1. The average molecular weight is 370 g/mol. The largest absolute Gasteiger partial charge is 0.390 e. The molecule has 6 heteroatoms. The first-order valence-electron chi connectivity index (χ1n) is 9.10. The Morgan fingerprint density at radius 1 is 1.11 bits per heavy atom. The quantitative estimate of drug-likeness (QED) is 0.774. The van der Waals surface area contributed by atoms with Crippen LogP contribution in [-0.4, -0.2) is 29.2 Å². The van der Waals surface area contributed by atoms with E-state index in [1.54, 1.807) is 29.2 Å². The molecule has 0 aromatic heterocycles. The van der Waals surface area contributed by atoms with Gasteiger partial charge >= 0.3 is 0 Å². The van der Waals surface area contributed by atoms with Gasteiger partial charge in [-0.3, -0.25) is 4.79 Å². The molecular formula is C21H20F2N2O2. The van der Waals surface area contributed by atoms with Gasteiger partial charge in [-0.1, -0.05) is 29.4 Å².